The highest BCUT2D eigenvalue weighted by atomic mass is 16.4. The van der Waals surface area contributed by atoms with Crippen LogP contribution in [0.1, 0.15) is 27.5 Å². The van der Waals surface area contributed by atoms with Crippen LogP contribution < -0.4 is 5.32 Å². The number of nitrogens with one attached hydrogen (secondary N) is 1. The van der Waals surface area contributed by atoms with E-state index >= 15 is 0 Å². The molecular formula is C15H14N2O3. The van der Waals surface area contributed by atoms with Crippen LogP contribution in [0.15, 0.2) is 42.7 Å². The zero-order chi connectivity index (χ0) is 14.1. The fourth-order valence-corrected chi connectivity index (χ4v) is 2.61. The number of aromatic carboxylic acids is 1. The molecule has 2 atom stereocenters. The summed E-state index contributed by atoms with van der Waals surface area (Å²) in [5.74, 6) is -1.02. The quantitative estimate of drug-likeness (QED) is 0.793. The van der Waals surface area contributed by atoms with Crippen LogP contribution >= 0.6 is 0 Å². The average Bonchev–Trinajstić information content (AvgIpc) is 2.76. The Kier molecular flexibility index (Phi) is 3.12. The van der Waals surface area contributed by atoms with Crippen LogP contribution in [0, 0.1) is 0 Å². The number of hydrogen-bond donors (Lipinski definition) is 3. The Balaban J connectivity index is 1.94. The maximum Gasteiger partial charge on any atom is 0.337 e. The van der Waals surface area contributed by atoms with Crippen LogP contribution in [0.25, 0.3) is 0 Å². The molecule has 0 fully saturated rings. The van der Waals surface area contributed by atoms with E-state index in [1.165, 1.54) is 18.5 Å². The number of aliphatic hydroxyl groups is 1. The van der Waals surface area contributed by atoms with E-state index < -0.39 is 12.1 Å². The van der Waals surface area contributed by atoms with Crippen molar-refractivity contribution in [1.29, 1.82) is 0 Å². The van der Waals surface area contributed by atoms with Crippen molar-refractivity contribution < 1.29 is 15.0 Å². The van der Waals surface area contributed by atoms with Crippen molar-refractivity contribution in [3.8, 4) is 0 Å². The lowest BCUT2D eigenvalue weighted by Gasteiger charge is -2.20. The molecule has 1 aromatic carbocycles. The fourth-order valence-electron chi connectivity index (χ4n) is 2.61. The summed E-state index contributed by atoms with van der Waals surface area (Å²) in [6.07, 6.45) is 2.90. The Bertz CT molecular complexity index is 657. The second-order valence-corrected chi connectivity index (χ2v) is 4.82. The SMILES string of the molecule is O=C(O)c1ccncc1N[C@H]1c2ccccc2C[C@H]1O. The second-order valence-electron chi connectivity index (χ2n) is 4.82. The van der Waals surface area contributed by atoms with Crippen molar-refractivity contribution in [2.24, 2.45) is 0 Å². The highest BCUT2D eigenvalue weighted by Gasteiger charge is 2.31. The van der Waals surface area contributed by atoms with Crippen molar-refractivity contribution in [2.45, 2.75) is 18.6 Å². The second kappa shape index (κ2) is 4.94. The number of nitrogens with zero attached hydrogens (tertiary/aromatic N) is 1. The number of carboxylic acids is 1. The molecule has 5 heteroatoms. The Morgan fingerprint density at radius 2 is 2.10 bits per heavy atom. The monoisotopic (exact) mass is 270 g/mol. The molecule has 0 saturated carbocycles. The molecule has 0 radical (unpaired) electrons. The number of aromatic nitrogens is 1. The zero-order valence-electron chi connectivity index (χ0n) is 10.7. The van der Waals surface area contributed by atoms with Crippen molar-refractivity contribution in [3.63, 3.8) is 0 Å². The highest BCUT2D eigenvalue weighted by molar-refractivity contribution is 5.93. The summed E-state index contributed by atoms with van der Waals surface area (Å²) >= 11 is 0. The predicted octanol–water partition coefficient (Wildman–Crippen LogP) is 1.85. The van der Waals surface area contributed by atoms with E-state index in [0.717, 1.165) is 11.1 Å². The number of aliphatic hydroxyl groups excluding tert-OH is 1. The minimum Gasteiger partial charge on any atom is -0.478 e. The Hall–Kier alpha value is -2.40. The molecule has 102 valence electrons. The molecule has 5 nitrogen and oxygen atoms in total. The molecule has 0 aliphatic heterocycles. The van der Waals surface area contributed by atoms with E-state index in [4.69, 9.17) is 0 Å². The third-order valence-corrected chi connectivity index (χ3v) is 3.57. The van der Waals surface area contributed by atoms with Gasteiger partial charge in [0.2, 0.25) is 0 Å². The molecule has 0 unspecified atom stereocenters. The van der Waals surface area contributed by atoms with Crippen molar-refractivity contribution in [1.82, 2.24) is 4.98 Å². The number of fused-ring (bicyclic) bond motifs is 1. The smallest absolute Gasteiger partial charge is 0.337 e. The topological polar surface area (TPSA) is 82.5 Å². The molecular weight excluding hydrogens is 256 g/mol. The van der Waals surface area contributed by atoms with Gasteiger partial charge in [-0.25, -0.2) is 4.79 Å². The molecule has 3 rings (SSSR count). The molecule has 1 aliphatic carbocycles. The number of carbonyl (C=O) groups is 1. The van der Waals surface area contributed by atoms with Gasteiger partial charge in [0, 0.05) is 12.6 Å². The normalized spacial score (nSPS) is 20.4. The van der Waals surface area contributed by atoms with E-state index in [2.05, 4.69) is 10.3 Å². The van der Waals surface area contributed by atoms with E-state index in [9.17, 15) is 15.0 Å². The van der Waals surface area contributed by atoms with Gasteiger partial charge >= 0.3 is 5.97 Å². The lowest BCUT2D eigenvalue weighted by molar-refractivity contribution is 0.0697. The minimum absolute atomic E-state index is 0.150. The molecule has 0 bridgehead atoms. The van der Waals surface area contributed by atoms with Crippen molar-refractivity contribution >= 4 is 11.7 Å². The van der Waals surface area contributed by atoms with Gasteiger partial charge in [0.1, 0.15) is 0 Å². The first-order chi connectivity index (χ1) is 9.66. The highest BCUT2D eigenvalue weighted by Crippen LogP contribution is 2.34. The summed E-state index contributed by atoms with van der Waals surface area (Å²) in [4.78, 5) is 15.1. The van der Waals surface area contributed by atoms with E-state index in [1.54, 1.807) is 0 Å². The Morgan fingerprint density at radius 3 is 2.90 bits per heavy atom. The first-order valence-corrected chi connectivity index (χ1v) is 6.36. The van der Waals surface area contributed by atoms with Gasteiger partial charge in [-0.3, -0.25) is 4.98 Å². The number of hydrogen-bond acceptors (Lipinski definition) is 4. The lowest BCUT2D eigenvalue weighted by atomic mass is 10.1. The van der Waals surface area contributed by atoms with Crippen LogP contribution in [0.4, 0.5) is 5.69 Å². The van der Waals surface area contributed by atoms with Crippen LogP contribution in [0.3, 0.4) is 0 Å². The predicted molar refractivity (Wildman–Crippen MR) is 73.7 cm³/mol. The van der Waals surface area contributed by atoms with Crippen LogP contribution in [0.2, 0.25) is 0 Å². The van der Waals surface area contributed by atoms with Crippen LogP contribution in [-0.2, 0) is 6.42 Å². The molecule has 0 amide bonds. The van der Waals surface area contributed by atoms with E-state index in [1.807, 2.05) is 24.3 Å². The van der Waals surface area contributed by atoms with Gasteiger partial charge in [0.05, 0.1) is 29.6 Å². The number of pyridine rings is 1. The van der Waals surface area contributed by atoms with Gasteiger partial charge in [-0.15, -0.1) is 0 Å². The molecule has 20 heavy (non-hydrogen) atoms. The summed E-state index contributed by atoms with van der Waals surface area (Å²) < 4.78 is 0. The largest absolute Gasteiger partial charge is 0.478 e. The molecule has 0 saturated heterocycles. The average molecular weight is 270 g/mol. The maximum absolute atomic E-state index is 11.2. The Morgan fingerprint density at radius 1 is 1.30 bits per heavy atom. The summed E-state index contributed by atoms with van der Waals surface area (Å²) in [6, 6.07) is 8.89. The third kappa shape index (κ3) is 2.12. The van der Waals surface area contributed by atoms with Crippen molar-refractivity contribution in [2.75, 3.05) is 5.32 Å². The number of rotatable bonds is 3. The zero-order valence-corrected chi connectivity index (χ0v) is 10.7. The minimum atomic E-state index is -1.02. The molecule has 2 aromatic rings. The standard InChI is InChI=1S/C15H14N2O3/c18-13-7-9-3-1-2-4-10(9)14(13)17-12-8-16-6-5-11(12)15(19)20/h1-6,8,13-14,17-18H,7H2,(H,19,20)/t13-,14+/m1/s1. The van der Waals surface area contributed by atoms with Gasteiger partial charge in [-0.2, -0.15) is 0 Å². The number of carboxylic acid groups (broad SMARTS) is 1. The fraction of sp³-hybridized carbons (Fsp3) is 0.200. The molecule has 1 heterocycles. The van der Waals surface area contributed by atoms with Crippen molar-refractivity contribution in [3.05, 3.63) is 59.4 Å². The first-order valence-electron chi connectivity index (χ1n) is 6.36. The van der Waals surface area contributed by atoms with Gasteiger partial charge in [0.15, 0.2) is 0 Å². The van der Waals surface area contributed by atoms with E-state index in [-0.39, 0.29) is 11.6 Å². The molecule has 1 aromatic heterocycles. The number of benzene rings is 1. The number of anilines is 1. The summed E-state index contributed by atoms with van der Waals surface area (Å²) in [5, 5.41) is 22.4. The van der Waals surface area contributed by atoms with Gasteiger partial charge < -0.3 is 15.5 Å². The summed E-state index contributed by atoms with van der Waals surface area (Å²) in [6.45, 7) is 0. The summed E-state index contributed by atoms with van der Waals surface area (Å²) in [7, 11) is 0. The van der Waals surface area contributed by atoms with Gasteiger partial charge in [-0.05, 0) is 17.2 Å². The van der Waals surface area contributed by atoms with Crippen LogP contribution in [0.5, 0.6) is 0 Å². The Labute approximate surface area is 115 Å². The lowest BCUT2D eigenvalue weighted by Crippen LogP contribution is -2.22. The van der Waals surface area contributed by atoms with Gasteiger partial charge in [0.25, 0.3) is 0 Å². The first kappa shape index (κ1) is 12.6. The molecule has 0 spiro atoms. The van der Waals surface area contributed by atoms with Gasteiger partial charge in [-0.1, -0.05) is 24.3 Å². The molecule has 3 N–H and O–H groups in total. The van der Waals surface area contributed by atoms with Crippen LogP contribution in [-0.4, -0.2) is 27.3 Å². The van der Waals surface area contributed by atoms with E-state index in [0.29, 0.717) is 12.1 Å². The molecule has 1 aliphatic rings. The maximum atomic E-state index is 11.2. The third-order valence-electron chi connectivity index (χ3n) is 3.57. The summed E-state index contributed by atoms with van der Waals surface area (Å²) in [5.41, 5.74) is 2.65.